The standard InChI is InChI=1S/C38H26N2/c1-2-14-31(15-3-1)39(34-19-18-27-10-4-5-11-28(27)24-34)32-20-22-33(23-21-32)40-37-17-9-8-16-35(37)36-25-29-12-6-7-13-30(29)26-38(36)40/h1-26H. The van der Waals surface area contributed by atoms with E-state index in [1.165, 1.54) is 43.4 Å². The first-order chi connectivity index (χ1) is 19.8. The molecule has 40 heavy (non-hydrogen) atoms. The zero-order chi connectivity index (χ0) is 26.5. The van der Waals surface area contributed by atoms with Crippen LogP contribution in [0.2, 0.25) is 0 Å². The van der Waals surface area contributed by atoms with Crippen molar-refractivity contribution < 1.29 is 0 Å². The molecule has 0 amide bonds. The van der Waals surface area contributed by atoms with Gasteiger partial charge in [-0.15, -0.1) is 0 Å². The van der Waals surface area contributed by atoms with Gasteiger partial charge in [0.15, 0.2) is 0 Å². The molecule has 8 rings (SSSR count). The molecule has 0 saturated carbocycles. The third-order valence-electron chi connectivity index (χ3n) is 7.91. The molecule has 2 nitrogen and oxygen atoms in total. The first-order valence-electron chi connectivity index (χ1n) is 13.7. The fraction of sp³-hybridized carbons (Fsp3) is 0. The molecule has 0 atom stereocenters. The molecule has 188 valence electrons. The summed E-state index contributed by atoms with van der Waals surface area (Å²) in [6.45, 7) is 0. The number of fused-ring (bicyclic) bond motifs is 5. The van der Waals surface area contributed by atoms with Gasteiger partial charge in [-0.25, -0.2) is 0 Å². The smallest absolute Gasteiger partial charge is 0.0547 e. The molecule has 0 aliphatic rings. The highest BCUT2D eigenvalue weighted by atomic mass is 15.1. The molecule has 0 aliphatic carbocycles. The summed E-state index contributed by atoms with van der Waals surface area (Å²) >= 11 is 0. The molecule has 8 aromatic rings. The summed E-state index contributed by atoms with van der Waals surface area (Å²) in [5.41, 5.74) is 6.99. The molecule has 0 aliphatic heterocycles. The third-order valence-corrected chi connectivity index (χ3v) is 7.91. The van der Waals surface area contributed by atoms with Crippen LogP contribution in [-0.2, 0) is 0 Å². The Labute approximate surface area is 233 Å². The lowest BCUT2D eigenvalue weighted by atomic mass is 10.1. The molecule has 0 spiro atoms. The van der Waals surface area contributed by atoms with Crippen LogP contribution in [0.5, 0.6) is 0 Å². The molecular formula is C38H26N2. The van der Waals surface area contributed by atoms with E-state index in [0.29, 0.717) is 0 Å². The predicted octanol–water partition coefficient (Wildman–Crippen LogP) is 10.6. The average Bonchev–Trinajstić information content (AvgIpc) is 3.34. The zero-order valence-electron chi connectivity index (χ0n) is 21.9. The molecule has 2 heteroatoms. The lowest BCUT2D eigenvalue weighted by molar-refractivity contribution is 1.17. The van der Waals surface area contributed by atoms with Gasteiger partial charge < -0.3 is 9.47 Å². The van der Waals surface area contributed by atoms with Gasteiger partial charge in [0, 0.05) is 33.5 Å². The maximum atomic E-state index is 2.39. The second-order valence-electron chi connectivity index (χ2n) is 10.3. The summed E-state index contributed by atoms with van der Waals surface area (Å²) in [7, 11) is 0. The maximum Gasteiger partial charge on any atom is 0.0547 e. The van der Waals surface area contributed by atoms with Crippen LogP contribution in [0, 0.1) is 0 Å². The first kappa shape index (κ1) is 22.6. The van der Waals surface area contributed by atoms with E-state index >= 15 is 0 Å². The highest BCUT2D eigenvalue weighted by Crippen LogP contribution is 2.38. The van der Waals surface area contributed by atoms with Crippen molar-refractivity contribution in [3.05, 3.63) is 158 Å². The Morgan fingerprint density at radius 3 is 1.70 bits per heavy atom. The molecule has 0 bridgehead atoms. The zero-order valence-corrected chi connectivity index (χ0v) is 21.9. The van der Waals surface area contributed by atoms with Gasteiger partial charge >= 0.3 is 0 Å². The summed E-state index contributed by atoms with van der Waals surface area (Å²) in [4.78, 5) is 2.33. The van der Waals surface area contributed by atoms with E-state index in [2.05, 4.69) is 167 Å². The number of hydrogen-bond acceptors (Lipinski definition) is 1. The maximum absolute atomic E-state index is 2.39. The summed E-state index contributed by atoms with van der Waals surface area (Å²) in [5, 5.41) is 7.54. The predicted molar refractivity (Wildman–Crippen MR) is 170 cm³/mol. The Kier molecular flexibility index (Phi) is 5.17. The van der Waals surface area contributed by atoms with Crippen LogP contribution in [0.4, 0.5) is 17.1 Å². The number of nitrogens with zero attached hydrogens (tertiary/aromatic N) is 2. The van der Waals surface area contributed by atoms with Crippen molar-refractivity contribution in [2.45, 2.75) is 0 Å². The van der Waals surface area contributed by atoms with E-state index in [9.17, 15) is 0 Å². The Balaban J connectivity index is 1.30. The molecule has 0 fully saturated rings. The van der Waals surface area contributed by atoms with Gasteiger partial charge in [-0.2, -0.15) is 0 Å². The normalized spacial score (nSPS) is 11.5. The second-order valence-corrected chi connectivity index (χ2v) is 10.3. The molecule has 7 aromatic carbocycles. The van der Waals surface area contributed by atoms with E-state index < -0.39 is 0 Å². The van der Waals surface area contributed by atoms with Crippen LogP contribution in [0.3, 0.4) is 0 Å². The fourth-order valence-corrected chi connectivity index (χ4v) is 6.02. The minimum Gasteiger partial charge on any atom is -0.310 e. The largest absolute Gasteiger partial charge is 0.310 e. The van der Waals surface area contributed by atoms with Gasteiger partial charge in [0.05, 0.1) is 11.0 Å². The molecule has 0 radical (unpaired) electrons. The van der Waals surface area contributed by atoms with Crippen molar-refractivity contribution in [2.24, 2.45) is 0 Å². The van der Waals surface area contributed by atoms with Crippen LogP contribution in [0.25, 0.3) is 49.0 Å². The number of benzene rings is 7. The van der Waals surface area contributed by atoms with Crippen molar-refractivity contribution in [3.63, 3.8) is 0 Å². The van der Waals surface area contributed by atoms with Crippen LogP contribution >= 0.6 is 0 Å². The van der Waals surface area contributed by atoms with Crippen molar-refractivity contribution in [1.82, 2.24) is 4.57 Å². The van der Waals surface area contributed by atoms with E-state index in [1.807, 2.05) is 0 Å². The number of anilines is 3. The molecule has 1 aromatic heterocycles. The Morgan fingerprint density at radius 2 is 0.925 bits per heavy atom. The lowest BCUT2D eigenvalue weighted by Crippen LogP contribution is -2.10. The monoisotopic (exact) mass is 510 g/mol. The highest BCUT2D eigenvalue weighted by molar-refractivity contribution is 6.13. The number of hydrogen-bond donors (Lipinski definition) is 0. The van der Waals surface area contributed by atoms with Gasteiger partial charge in [-0.3, -0.25) is 0 Å². The summed E-state index contributed by atoms with van der Waals surface area (Å²) in [6, 6.07) is 56.7. The Morgan fingerprint density at radius 1 is 0.350 bits per heavy atom. The van der Waals surface area contributed by atoms with Gasteiger partial charge in [0.2, 0.25) is 0 Å². The van der Waals surface area contributed by atoms with E-state index in [0.717, 1.165) is 22.7 Å². The Hall–Kier alpha value is -5.34. The van der Waals surface area contributed by atoms with Crippen LogP contribution in [-0.4, -0.2) is 4.57 Å². The molecule has 0 saturated heterocycles. The molecular weight excluding hydrogens is 484 g/mol. The minimum atomic E-state index is 1.12. The molecule has 0 N–H and O–H groups in total. The topological polar surface area (TPSA) is 8.17 Å². The average molecular weight is 511 g/mol. The van der Waals surface area contributed by atoms with E-state index in [-0.39, 0.29) is 0 Å². The summed E-state index contributed by atoms with van der Waals surface area (Å²) < 4.78 is 2.39. The highest BCUT2D eigenvalue weighted by Gasteiger charge is 2.16. The second kappa shape index (κ2) is 9.14. The van der Waals surface area contributed by atoms with Gasteiger partial charge in [0.1, 0.15) is 0 Å². The van der Waals surface area contributed by atoms with Crippen LogP contribution in [0.1, 0.15) is 0 Å². The van der Waals surface area contributed by atoms with Gasteiger partial charge in [-0.05, 0) is 88.3 Å². The van der Waals surface area contributed by atoms with Gasteiger partial charge in [0.25, 0.3) is 0 Å². The van der Waals surface area contributed by atoms with Crippen LogP contribution in [0.15, 0.2) is 158 Å². The summed E-state index contributed by atoms with van der Waals surface area (Å²) in [6.07, 6.45) is 0. The summed E-state index contributed by atoms with van der Waals surface area (Å²) in [5.74, 6) is 0. The third kappa shape index (κ3) is 3.65. The first-order valence-corrected chi connectivity index (χ1v) is 13.7. The minimum absolute atomic E-state index is 1.12. The number of rotatable bonds is 4. The van der Waals surface area contributed by atoms with E-state index in [1.54, 1.807) is 0 Å². The Bertz CT molecular complexity index is 2160. The van der Waals surface area contributed by atoms with E-state index in [4.69, 9.17) is 0 Å². The van der Waals surface area contributed by atoms with Crippen molar-refractivity contribution in [3.8, 4) is 5.69 Å². The van der Waals surface area contributed by atoms with Crippen molar-refractivity contribution in [1.29, 1.82) is 0 Å². The van der Waals surface area contributed by atoms with Crippen molar-refractivity contribution >= 4 is 60.4 Å². The van der Waals surface area contributed by atoms with Crippen LogP contribution < -0.4 is 4.90 Å². The van der Waals surface area contributed by atoms with Crippen molar-refractivity contribution in [2.75, 3.05) is 4.90 Å². The quantitative estimate of drug-likeness (QED) is 0.229. The molecule has 1 heterocycles. The lowest BCUT2D eigenvalue weighted by Gasteiger charge is -2.26. The fourth-order valence-electron chi connectivity index (χ4n) is 6.02. The SMILES string of the molecule is c1ccc(N(c2ccc(-n3c4ccccc4c4cc5ccccc5cc43)cc2)c2ccc3ccccc3c2)cc1. The van der Waals surface area contributed by atoms with Gasteiger partial charge in [-0.1, -0.05) is 91.0 Å². The number of aromatic nitrogens is 1. The number of para-hydroxylation sites is 2. The molecule has 0 unspecified atom stereocenters.